The molecule has 0 aliphatic carbocycles. The largest absolute Gasteiger partial charge is 0.425 e. The Morgan fingerprint density at radius 3 is 2.57 bits per heavy atom. The summed E-state index contributed by atoms with van der Waals surface area (Å²) in [6.07, 6.45) is 0. The predicted octanol–water partition coefficient (Wildman–Crippen LogP) is 0.942. The smallest absolute Gasteiger partial charge is 0.350 e. The molecular weight excluding hydrogens is 182 g/mol. The lowest BCUT2D eigenvalue weighted by Crippen LogP contribution is -2.15. The maximum absolute atomic E-state index is 10.9. The van der Waals surface area contributed by atoms with Crippen LogP contribution in [-0.2, 0) is 0 Å². The number of hydrogen-bond donors (Lipinski definition) is 1. The summed E-state index contributed by atoms with van der Waals surface area (Å²) in [7, 11) is 0. The molecule has 0 fully saturated rings. The van der Waals surface area contributed by atoms with Crippen molar-refractivity contribution in [1.82, 2.24) is 15.0 Å². The third-order valence-electron chi connectivity index (χ3n) is 1.44. The molecule has 0 saturated carbocycles. The first-order valence-electron chi connectivity index (χ1n) is 3.96. The zero-order valence-corrected chi connectivity index (χ0v) is 8.13. The molecule has 0 atom stereocenters. The normalized spacial score (nSPS) is 9.57. The summed E-state index contributed by atoms with van der Waals surface area (Å²) in [5.41, 5.74) is 0.161. The first-order valence-corrected chi connectivity index (χ1v) is 3.96. The molecule has 14 heavy (non-hydrogen) atoms. The zero-order valence-electron chi connectivity index (χ0n) is 8.13. The van der Waals surface area contributed by atoms with E-state index in [1.165, 1.54) is 0 Å². The van der Waals surface area contributed by atoms with E-state index in [1.807, 2.05) is 0 Å². The van der Waals surface area contributed by atoms with Gasteiger partial charge in [0.15, 0.2) is 0 Å². The molecule has 1 N–H and O–H groups in total. The van der Waals surface area contributed by atoms with E-state index in [1.54, 1.807) is 13.8 Å². The Labute approximate surface area is 81.2 Å². The molecule has 0 aliphatic heterocycles. The second-order valence-corrected chi connectivity index (χ2v) is 2.83. The number of rotatable bonds is 3. The van der Waals surface area contributed by atoms with Crippen molar-refractivity contribution >= 4 is 0 Å². The van der Waals surface area contributed by atoms with Gasteiger partial charge in [-0.1, -0.05) is 13.2 Å². The van der Waals surface area contributed by atoms with Crippen LogP contribution in [0.3, 0.4) is 0 Å². The van der Waals surface area contributed by atoms with Gasteiger partial charge in [0.05, 0.1) is 0 Å². The molecule has 5 nitrogen and oxygen atoms in total. The molecular formula is C9H11N3O2. The molecule has 5 heteroatoms. The van der Waals surface area contributed by atoms with Gasteiger partial charge in [0, 0.05) is 0 Å². The van der Waals surface area contributed by atoms with E-state index in [2.05, 4.69) is 28.1 Å². The summed E-state index contributed by atoms with van der Waals surface area (Å²) in [5, 5.41) is 0. The Bertz CT molecular complexity index is 434. The van der Waals surface area contributed by atoms with E-state index in [0.717, 1.165) is 0 Å². The molecule has 0 radical (unpaired) electrons. The fourth-order valence-electron chi connectivity index (χ4n) is 0.709. The van der Waals surface area contributed by atoms with Crippen LogP contribution in [0.25, 0.3) is 0 Å². The fourth-order valence-corrected chi connectivity index (χ4v) is 0.709. The average Bonchev–Trinajstić information content (AvgIpc) is 2.01. The lowest BCUT2D eigenvalue weighted by molar-refractivity contribution is 0.397. The Balaban J connectivity index is 2.92. The number of aryl methyl sites for hydroxylation is 1. The van der Waals surface area contributed by atoms with Gasteiger partial charge in [-0.15, -0.1) is 4.98 Å². The molecule has 0 aromatic carbocycles. The van der Waals surface area contributed by atoms with Crippen molar-refractivity contribution in [3.8, 4) is 6.01 Å². The van der Waals surface area contributed by atoms with Crippen LogP contribution >= 0.6 is 0 Å². The average molecular weight is 193 g/mol. The van der Waals surface area contributed by atoms with Crippen molar-refractivity contribution < 1.29 is 4.74 Å². The maximum Gasteiger partial charge on any atom is 0.350 e. The van der Waals surface area contributed by atoms with Gasteiger partial charge in [0.2, 0.25) is 0 Å². The van der Waals surface area contributed by atoms with Crippen molar-refractivity contribution in [2.75, 3.05) is 0 Å². The van der Waals surface area contributed by atoms with Crippen LogP contribution < -0.4 is 10.4 Å². The SMILES string of the molecule is C=C(C)C(=C)Oc1nc(C)[nH]c(=O)n1. The van der Waals surface area contributed by atoms with Crippen LogP contribution in [0.1, 0.15) is 12.7 Å². The van der Waals surface area contributed by atoms with Crippen LogP contribution in [0.5, 0.6) is 6.01 Å². The molecule has 0 saturated heterocycles. The summed E-state index contributed by atoms with van der Waals surface area (Å²) in [6, 6.07) is -0.0146. The van der Waals surface area contributed by atoms with Crippen molar-refractivity contribution in [2.45, 2.75) is 13.8 Å². The number of nitrogens with zero attached hydrogens (tertiary/aromatic N) is 2. The number of aromatic amines is 1. The van der Waals surface area contributed by atoms with Crippen LogP contribution in [-0.4, -0.2) is 15.0 Å². The molecule has 1 aromatic heterocycles. The van der Waals surface area contributed by atoms with E-state index in [9.17, 15) is 4.79 Å². The van der Waals surface area contributed by atoms with Crippen molar-refractivity contribution in [3.63, 3.8) is 0 Å². The molecule has 74 valence electrons. The third kappa shape index (κ3) is 2.55. The van der Waals surface area contributed by atoms with Crippen molar-refractivity contribution in [1.29, 1.82) is 0 Å². The molecule has 1 rings (SSSR count). The highest BCUT2D eigenvalue weighted by Gasteiger charge is 2.03. The standard InChI is InChI=1S/C9H11N3O2/c1-5(2)6(3)14-9-11-7(4)10-8(13)12-9/h1,3H2,2,4H3,(H,10,11,12,13). The van der Waals surface area contributed by atoms with Crippen LogP contribution in [0.15, 0.2) is 29.3 Å². The van der Waals surface area contributed by atoms with Gasteiger partial charge in [0.25, 0.3) is 0 Å². The molecule has 0 unspecified atom stereocenters. The zero-order chi connectivity index (χ0) is 10.7. The summed E-state index contributed by atoms with van der Waals surface area (Å²) in [6.45, 7) is 10.6. The highest BCUT2D eigenvalue weighted by Crippen LogP contribution is 2.08. The lowest BCUT2D eigenvalue weighted by atomic mass is 10.3. The Morgan fingerprint density at radius 2 is 2.07 bits per heavy atom. The lowest BCUT2D eigenvalue weighted by Gasteiger charge is -2.05. The van der Waals surface area contributed by atoms with Gasteiger partial charge < -0.3 is 4.74 Å². The number of aromatic nitrogens is 3. The minimum atomic E-state index is -0.498. The monoisotopic (exact) mass is 193 g/mol. The van der Waals surface area contributed by atoms with E-state index < -0.39 is 5.69 Å². The molecule has 1 aromatic rings. The van der Waals surface area contributed by atoms with Crippen LogP contribution in [0.4, 0.5) is 0 Å². The molecule has 0 spiro atoms. The third-order valence-corrected chi connectivity index (χ3v) is 1.44. The van der Waals surface area contributed by atoms with E-state index >= 15 is 0 Å². The summed E-state index contributed by atoms with van der Waals surface area (Å²) in [4.78, 5) is 20.7. The minimum Gasteiger partial charge on any atom is -0.425 e. The van der Waals surface area contributed by atoms with Gasteiger partial charge in [0.1, 0.15) is 11.6 Å². The number of hydrogen-bond acceptors (Lipinski definition) is 4. The number of H-pyrrole nitrogens is 1. The second-order valence-electron chi connectivity index (χ2n) is 2.83. The number of ether oxygens (including phenoxy) is 1. The summed E-state index contributed by atoms with van der Waals surface area (Å²) >= 11 is 0. The molecule has 0 amide bonds. The highest BCUT2D eigenvalue weighted by atomic mass is 16.5. The van der Waals surface area contributed by atoms with E-state index in [-0.39, 0.29) is 6.01 Å². The Morgan fingerprint density at radius 1 is 1.43 bits per heavy atom. The topological polar surface area (TPSA) is 67.9 Å². The second kappa shape index (κ2) is 3.87. The maximum atomic E-state index is 10.9. The van der Waals surface area contributed by atoms with Gasteiger partial charge in [-0.25, -0.2) is 4.79 Å². The van der Waals surface area contributed by atoms with Gasteiger partial charge in [-0.3, -0.25) is 4.98 Å². The summed E-state index contributed by atoms with van der Waals surface area (Å²) in [5.74, 6) is 0.782. The fraction of sp³-hybridized carbons (Fsp3) is 0.222. The van der Waals surface area contributed by atoms with Gasteiger partial charge in [-0.2, -0.15) is 4.98 Å². The molecule has 1 heterocycles. The summed E-state index contributed by atoms with van der Waals surface area (Å²) < 4.78 is 5.10. The molecule has 0 aliphatic rings. The molecule has 0 bridgehead atoms. The van der Waals surface area contributed by atoms with Crippen molar-refractivity contribution in [2.24, 2.45) is 0 Å². The van der Waals surface area contributed by atoms with E-state index in [4.69, 9.17) is 4.74 Å². The predicted molar refractivity (Wildman–Crippen MR) is 52.0 cm³/mol. The highest BCUT2D eigenvalue weighted by molar-refractivity contribution is 5.19. The number of allylic oxidation sites excluding steroid dienone is 1. The first kappa shape index (κ1) is 10.2. The van der Waals surface area contributed by atoms with Gasteiger partial charge in [-0.05, 0) is 19.4 Å². The van der Waals surface area contributed by atoms with Crippen LogP contribution in [0.2, 0.25) is 0 Å². The van der Waals surface area contributed by atoms with Crippen molar-refractivity contribution in [3.05, 3.63) is 40.8 Å². The Hall–Kier alpha value is -1.91. The van der Waals surface area contributed by atoms with Crippen LogP contribution in [0, 0.1) is 6.92 Å². The first-order chi connectivity index (χ1) is 6.49. The minimum absolute atomic E-state index is 0.0146. The Kier molecular flexibility index (Phi) is 2.81. The van der Waals surface area contributed by atoms with E-state index in [0.29, 0.717) is 17.2 Å². The number of nitrogens with one attached hydrogen (secondary N) is 1. The van der Waals surface area contributed by atoms with Gasteiger partial charge >= 0.3 is 11.7 Å². The quantitative estimate of drug-likeness (QED) is 0.573.